The van der Waals surface area contributed by atoms with Crippen LogP contribution in [0.2, 0.25) is 0 Å². The number of carbonyl (C=O) groups is 1. The Balaban J connectivity index is 2.30. The number of hydrogen-bond donors (Lipinski definition) is 2. The minimum Gasteiger partial charge on any atom is -0.346 e. The average molecular weight is 278 g/mol. The van der Waals surface area contributed by atoms with Gasteiger partial charge in [0.2, 0.25) is 5.91 Å². The number of nitrogens with one attached hydrogen (secondary N) is 2. The van der Waals surface area contributed by atoms with E-state index in [1.54, 1.807) is 28.5 Å². The van der Waals surface area contributed by atoms with Crippen LogP contribution in [0.25, 0.3) is 0 Å². The molecule has 1 amide bonds. The Labute approximate surface area is 109 Å². The Morgan fingerprint density at radius 3 is 2.63 bits per heavy atom. The normalized spacial score (nSPS) is 15.0. The van der Waals surface area contributed by atoms with Crippen molar-refractivity contribution >= 4 is 5.91 Å². The van der Waals surface area contributed by atoms with Gasteiger partial charge in [0.1, 0.15) is 6.54 Å². The molecule has 2 N–H and O–H groups in total. The van der Waals surface area contributed by atoms with Crippen LogP contribution in [0.3, 0.4) is 0 Å². The second-order valence-electron chi connectivity index (χ2n) is 4.29. The highest BCUT2D eigenvalue weighted by Crippen LogP contribution is 2.12. The Kier molecular flexibility index (Phi) is 5.34. The molecular formula is C11H17F3N4O. The number of amides is 1. The van der Waals surface area contributed by atoms with E-state index in [-0.39, 0.29) is 18.6 Å². The summed E-state index contributed by atoms with van der Waals surface area (Å²) in [5.41, 5.74) is 0. The van der Waals surface area contributed by atoms with Gasteiger partial charge in [0.15, 0.2) is 0 Å². The lowest BCUT2D eigenvalue weighted by Crippen LogP contribution is -2.43. The van der Waals surface area contributed by atoms with E-state index in [0.29, 0.717) is 0 Å². The molecule has 1 aromatic rings. The molecule has 1 rings (SSSR count). The summed E-state index contributed by atoms with van der Waals surface area (Å²) >= 11 is 0. The molecular weight excluding hydrogens is 261 g/mol. The highest BCUT2D eigenvalue weighted by atomic mass is 19.4. The van der Waals surface area contributed by atoms with Crippen LogP contribution >= 0.6 is 0 Å². The lowest BCUT2D eigenvalue weighted by atomic mass is 10.2. The molecule has 0 unspecified atom stereocenters. The minimum absolute atomic E-state index is 0.00887. The van der Waals surface area contributed by atoms with Gasteiger partial charge in [-0.2, -0.15) is 18.3 Å². The molecule has 0 aromatic carbocycles. The van der Waals surface area contributed by atoms with Crippen LogP contribution < -0.4 is 10.6 Å². The molecule has 0 saturated carbocycles. The third-order valence-electron chi connectivity index (χ3n) is 2.74. The quantitative estimate of drug-likeness (QED) is 0.819. The van der Waals surface area contributed by atoms with Gasteiger partial charge in [-0.1, -0.05) is 0 Å². The number of nitrogens with zero attached hydrogens (tertiary/aromatic N) is 2. The van der Waals surface area contributed by atoms with Crippen LogP contribution in [0.15, 0.2) is 18.5 Å². The fraction of sp³-hybridized carbons (Fsp3) is 0.636. The maximum atomic E-state index is 11.9. The van der Waals surface area contributed by atoms with Crippen molar-refractivity contribution in [3.63, 3.8) is 0 Å². The van der Waals surface area contributed by atoms with Gasteiger partial charge in [-0.3, -0.25) is 9.48 Å². The van der Waals surface area contributed by atoms with Crippen molar-refractivity contribution in [2.45, 2.75) is 32.1 Å². The third kappa shape index (κ3) is 5.73. The Hall–Kier alpha value is -1.57. The first-order valence-corrected chi connectivity index (χ1v) is 5.85. The van der Waals surface area contributed by atoms with Crippen molar-refractivity contribution in [1.29, 1.82) is 0 Å². The molecule has 0 saturated heterocycles. The first-order valence-electron chi connectivity index (χ1n) is 5.85. The molecule has 19 heavy (non-hydrogen) atoms. The van der Waals surface area contributed by atoms with Crippen molar-refractivity contribution in [3.8, 4) is 0 Å². The van der Waals surface area contributed by atoms with E-state index in [1.165, 1.54) is 0 Å². The SMILES string of the molecule is C[C@H]([C@@H](C)NCC(=O)NCC(F)(F)F)n1cccn1. The second-order valence-corrected chi connectivity index (χ2v) is 4.29. The van der Waals surface area contributed by atoms with Crippen LogP contribution in [-0.4, -0.2) is 41.0 Å². The van der Waals surface area contributed by atoms with Crippen molar-refractivity contribution in [2.24, 2.45) is 0 Å². The summed E-state index contributed by atoms with van der Waals surface area (Å²) in [6.07, 6.45) is -0.963. The van der Waals surface area contributed by atoms with Crippen molar-refractivity contribution in [1.82, 2.24) is 20.4 Å². The zero-order valence-electron chi connectivity index (χ0n) is 10.7. The lowest BCUT2D eigenvalue weighted by molar-refractivity contribution is -0.138. The van der Waals surface area contributed by atoms with Crippen molar-refractivity contribution < 1.29 is 18.0 Å². The van der Waals surface area contributed by atoms with Crippen LogP contribution in [0.4, 0.5) is 13.2 Å². The first-order chi connectivity index (χ1) is 8.79. The summed E-state index contributed by atoms with van der Waals surface area (Å²) in [5.74, 6) is -0.683. The molecule has 108 valence electrons. The van der Waals surface area contributed by atoms with E-state index in [1.807, 2.05) is 13.8 Å². The predicted molar refractivity (Wildman–Crippen MR) is 63.5 cm³/mol. The fourth-order valence-corrected chi connectivity index (χ4v) is 1.44. The van der Waals surface area contributed by atoms with E-state index in [0.717, 1.165) is 0 Å². The summed E-state index contributed by atoms with van der Waals surface area (Å²) < 4.78 is 37.4. The van der Waals surface area contributed by atoms with Gasteiger partial charge >= 0.3 is 6.18 Å². The van der Waals surface area contributed by atoms with Gasteiger partial charge in [0.25, 0.3) is 0 Å². The predicted octanol–water partition coefficient (Wildman–Crippen LogP) is 1.10. The van der Waals surface area contributed by atoms with Crippen molar-refractivity contribution in [3.05, 3.63) is 18.5 Å². The molecule has 0 spiro atoms. The van der Waals surface area contributed by atoms with E-state index in [4.69, 9.17) is 0 Å². The van der Waals surface area contributed by atoms with Crippen LogP contribution in [0, 0.1) is 0 Å². The zero-order chi connectivity index (χ0) is 14.5. The van der Waals surface area contributed by atoms with Crippen LogP contribution in [-0.2, 0) is 4.79 Å². The topological polar surface area (TPSA) is 59.0 Å². The van der Waals surface area contributed by atoms with E-state index < -0.39 is 18.6 Å². The number of halogens is 3. The lowest BCUT2D eigenvalue weighted by Gasteiger charge is -2.21. The van der Waals surface area contributed by atoms with Gasteiger partial charge in [0, 0.05) is 18.4 Å². The molecule has 0 bridgehead atoms. The van der Waals surface area contributed by atoms with Crippen LogP contribution in [0.5, 0.6) is 0 Å². The van der Waals surface area contributed by atoms with E-state index >= 15 is 0 Å². The number of alkyl halides is 3. The summed E-state index contributed by atoms with van der Waals surface area (Å²) in [7, 11) is 0. The van der Waals surface area contributed by atoms with E-state index in [9.17, 15) is 18.0 Å². The second kappa shape index (κ2) is 6.55. The molecule has 5 nitrogen and oxygen atoms in total. The van der Waals surface area contributed by atoms with Crippen molar-refractivity contribution in [2.75, 3.05) is 13.1 Å². The Bertz CT molecular complexity index is 391. The molecule has 0 aliphatic carbocycles. The number of rotatable bonds is 6. The molecule has 2 atom stereocenters. The van der Waals surface area contributed by atoms with Gasteiger partial charge < -0.3 is 10.6 Å². The summed E-state index contributed by atoms with van der Waals surface area (Å²) in [6.45, 7) is 2.27. The minimum atomic E-state index is -4.39. The van der Waals surface area contributed by atoms with Gasteiger partial charge in [-0.15, -0.1) is 0 Å². The number of carbonyl (C=O) groups excluding carboxylic acids is 1. The standard InChI is InChI=1S/C11H17F3N4O/c1-8(9(2)18-5-3-4-17-18)15-6-10(19)16-7-11(12,13)14/h3-5,8-9,15H,6-7H2,1-2H3,(H,16,19)/t8-,9-/m1/s1. The molecule has 8 heteroatoms. The molecule has 0 radical (unpaired) electrons. The molecule has 1 heterocycles. The summed E-state index contributed by atoms with van der Waals surface area (Å²) in [4.78, 5) is 11.2. The van der Waals surface area contributed by atoms with Gasteiger partial charge in [-0.05, 0) is 19.9 Å². The third-order valence-corrected chi connectivity index (χ3v) is 2.74. The summed E-state index contributed by atoms with van der Waals surface area (Å²) in [5, 5.41) is 8.73. The molecule has 0 aliphatic heterocycles. The van der Waals surface area contributed by atoms with Crippen LogP contribution in [0.1, 0.15) is 19.9 Å². The molecule has 0 aliphatic rings. The smallest absolute Gasteiger partial charge is 0.346 e. The molecule has 1 aromatic heterocycles. The summed E-state index contributed by atoms with van der Waals surface area (Å²) in [6, 6.07) is 1.67. The number of hydrogen-bond acceptors (Lipinski definition) is 3. The highest BCUT2D eigenvalue weighted by molar-refractivity contribution is 5.78. The maximum Gasteiger partial charge on any atom is 0.405 e. The highest BCUT2D eigenvalue weighted by Gasteiger charge is 2.27. The Morgan fingerprint density at radius 1 is 1.42 bits per heavy atom. The maximum absolute atomic E-state index is 11.9. The van der Waals surface area contributed by atoms with Gasteiger partial charge in [0.05, 0.1) is 12.6 Å². The van der Waals surface area contributed by atoms with Gasteiger partial charge in [-0.25, -0.2) is 0 Å². The average Bonchev–Trinajstić information content (AvgIpc) is 2.85. The monoisotopic (exact) mass is 278 g/mol. The van der Waals surface area contributed by atoms with E-state index in [2.05, 4.69) is 10.4 Å². The first kappa shape index (κ1) is 15.5. The fourth-order valence-electron chi connectivity index (χ4n) is 1.44. The molecule has 0 fully saturated rings. The largest absolute Gasteiger partial charge is 0.405 e. The number of aromatic nitrogens is 2. The Morgan fingerprint density at radius 2 is 2.11 bits per heavy atom. The zero-order valence-corrected chi connectivity index (χ0v) is 10.7.